The van der Waals surface area contributed by atoms with E-state index in [1.165, 1.54) is 30.6 Å². The molecule has 1 aliphatic heterocycles. The lowest BCUT2D eigenvalue weighted by molar-refractivity contribution is -0.137. The minimum atomic E-state index is -5.10. The van der Waals surface area contributed by atoms with Crippen molar-refractivity contribution >= 4 is 34.2 Å². The van der Waals surface area contributed by atoms with Crippen molar-refractivity contribution in [3.05, 3.63) is 99.3 Å². The Kier molecular flexibility index (Phi) is 5.44. The van der Waals surface area contributed by atoms with E-state index in [2.05, 4.69) is 10.3 Å². The van der Waals surface area contributed by atoms with Crippen LogP contribution in [0.1, 0.15) is 43.4 Å². The van der Waals surface area contributed by atoms with Crippen molar-refractivity contribution in [3.8, 4) is 11.1 Å². The summed E-state index contributed by atoms with van der Waals surface area (Å²) in [6, 6.07) is 5.84. The van der Waals surface area contributed by atoms with Crippen molar-refractivity contribution in [3.63, 3.8) is 0 Å². The Hall–Kier alpha value is -4.05. The van der Waals surface area contributed by atoms with Gasteiger partial charge in [0.15, 0.2) is 0 Å². The number of nitrogens with one attached hydrogen (secondary N) is 1. The Morgan fingerprint density at radius 1 is 1.03 bits per heavy atom. The third kappa shape index (κ3) is 3.74. The topological polar surface area (TPSA) is 85.1 Å². The standard InChI is InChI=1S/C25H13ClF5N3O2/c26-18-2-1-11(27)6-14(18)22-20-15(5-10-9-33-4-3-13(10)21(20)24(36)34-22)19-16(23(32)35)7-12(28)8-17(19)25(29,30)31/h1-9,22H,(H2,32,35)(H,34,36). The number of amides is 2. The van der Waals surface area contributed by atoms with Gasteiger partial charge >= 0.3 is 6.18 Å². The van der Waals surface area contributed by atoms with Crippen LogP contribution in [0, 0.1) is 11.6 Å². The van der Waals surface area contributed by atoms with Gasteiger partial charge in [-0.25, -0.2) is 8.78 Å². The Morgan fingerprint density at radius 2 is 1.78 bits per heavy atom. The summed E-state index contributed by atoms with van der Waals surface area (Å²) in [6.07, 6.45) is -2.37. The fraction of sp³-hybridized carbons (Fsp3) is 0.0800. The lowest BCUT2D eigenvalue weighted by Gasteiger charge is -2.22. The molecule has 1 atom stereocenters. The second-order valence-corrected chi connectivity index (χ2v) is 8.53. The number of hydrogen-bond acceptors (Lipinski definition) is 3. The predicted molar refractivity (Wildman–Crippen MR) is 121 cm³/mol. The van der Waals surface area contributed by atoms with Crippen molar-refractivity contribution in [2.45, 2.75) is 12.2 Å². The molecule has 182 valence electrons. The summed E-state index contributed by atoms with van der Waals surface area (Å²) < 4.78 is 70.8. The molecule has 0 spiro atoms. The molecule has 0 aliphatic carbocycles. The van der Waals surface area contributed by atoms with Gasteiger partial charge in [-0.3, -0.25) is 14.6 Å². The zero-order valence-electron chi connectivity index (χ0n) is 17.9. The molecule has 3 aromatic carbocycles. The van der Waals surface area contributed by atoms with Crippen LogP contribution in [0.15, 0.2) is 54.9 Å². The van der Waals surface area contributed by atoms with Gasteiger partial charge in [0.1, 0.15) is 11.6 Å². The van der Waals surface area contributed by atoms with Crippen molar-refractivity contribution in [1.29, 1.82) is 0 Å². The number of rotatable bonds is 3. The Bertz CT molecular complexity index is 1600. The molecule has 0 saturated carbocycles. The monoisotopic (exact) mass is 517 g/mol. The van der Waals surface area contributed by atoms with E-state index in [1.807, 2.05) is 0 Å². The van der Waals surface area contributed by atoms with E-state index < -0.39 is 52.4 Å². The van der Waals surface area contributed by atoms with E-state index in [1.54, 1.807) is 0 Å². The third-order valence-electron chi connectivity index (χ3n) is 5.98. The highest BCUT2D eigenvalue weighted by Crippen LogP contribution is 2.48. The first kappa shape index (κ1) is 23.7. The molecule has 0 saturated heterocycles. The van der Waals surface area contributed by atoms with E-state index in [9.17, 15) is 31.5 Å². The SMILES string of the molecule is NC(=O)c1cc(F)cc(C(F)(F)F)c1-c1cc2cnccc2c2c1C(c1cc(F)ccc1Cl)NC2=O. The highest BCUT2D eigenvalue weighted by Gasteiger charge is 2.41. The first-order valence-electron chi connectivity index (χ1n) is 10.3. The summed E-state index contributed by atoms with van der Waals surface area (Å²) >= 11 is 6.28. The van der Waals surface area contributed by atoms with Gasteiger partial charge in [-0.15, -0.1) is 0 Å². The number of fused-ring (bicyclic) bond motifs is 3. The number of primary amides is 1. The molecule has 3 N–H and O–H groups in total. The number of nitrogens with two attached hydrogens (primary N) is 1. The number of halogens is 6. The molecule has 1 aromatic heterocycles. The van der Waals surface area contributed by atoms with Crippen LogP contribution in [0.4, 0.5) is 22.0 Å². The molecule has 36 heavy (non-hydrogen) atoms. The fourth-order valence-corrected chi connectivity index (χ4v) is 4.80. The van der Waals surface area contributed by atoms with Crippen molar-refractivity contribution in [2.24, 2.45) is 5.73 Å². The maximum absolute atomic E-state index is 14.2. The zero-order valence-corrected chi connectivity index (χ0v) is 18.6. The largest absolute Gasteiger partial charge is 0.417 e. The second-order valence-electron chi connectivity index (χ2n) is 8.12. The molecule has 2 heterocycles. The van der Waals surface area contributed by atoms with Gasteiger partial charge in [-0.05, 0) is 53.4 Å². The molecular formula is C25H13ClF5N3O2. The molecule has 0 fully saturated rings. The highest BCUT2D eigenvalue weighted by atomic mass is 35.5. The van der Waals surface area contributed by atoms with Gasteiger partial charge in [0, 0.05) is 39.5 Å². The number of carbonyl (C=O) groups excluding carboxylic acids is 2. The van der Waals surface area contributed by atoms with Gasteiger partial charge in [-0.2, -0.15) is 13.2 Å². The van der Waals surface area contributed by atoms with Crippen LogP contribution in [0.2, 0.25) is 5.02 Å². The summed E-state index contributed by atoms with van der Waals surface area (Å²) in [5, 5.41) is 3.32. The van der Waals surface area contributed by atoms with E-state index in [0.717, 1.165) is 12.1 Å². The van der Waals surface area contributed by atoms with Crippen LogP contribution in [0.25, 0.3) is 21.9 Å². The van der Waals surface area contributed by atoms with Gasteiger partial charge < -0.3 is 11.1 Å². The van der Waals surface area contributed by atoms with Crippen LogP contribution < -0.4 is 11.1 Å². The number of hydrogen-bond donors (Lipinski definition) is 2. The average Bonchev–Trinajstić information content (AvgIpc) is 3.16. The predicted octanol–water partition coefficient (Wildman–Crippen LogP) is 5.78. The zero-order chi connectivity index (χ0) is 25.9. The number of alkyl halides is 3. The van der Waals surface area contributed by atoms with E-state index >= 15 is 0 Å². The first-order valence-corrected chi connectivity index (χ1v) is 10.7. The summed E-state index contributed by atoms with van der Waals surface area (Å²) in [5.41, 5.74) is 2.29. The average molecular weight is 518 g/mol. The maximum atomic E-state index is 14.2. The lowest BCUT2D eigenvalue weighted by atomic mass is 9.83. The van der Waals surface area contributed by atoms with Crippen molar-refractivity contribution < 1.29 is 31.5 Å². The first-order chi connectivity index (χ1) is 17.0. The molecule has 1 unspecified atom stereocenters. The molecule has 2 amide bonds. The van der Waals surface area contributed by atoms with Crippen LogP contribution in [0.5, 0.6) is 0 Å². The summed E-state index contributed by atoms with van der Waals surface area (Å²) in [6.45, 7) is 0. The summed E-state index contributed by atoms with van der Waals surface area (Å²) in [5.74, 6) is -3.99. The van der Waals surface area contributed by atoms with Gasteiger partial charge in [0.25, 0.3) is 5.91 Å². The summed E-state index contributed by atoms with van der Waals surface area (Å²) in [4.78, 5) is 29.4. The van der Waals surface area contributed by atoms with Crippen molar-refractivity contribution in [1.82, 2.24) is 10.3 Å². The second kappa shape index (κ2) is 8.27. The van der Waals surface area contributed by atoms with Gasteiger partial charge in [0.2, 0.25) is 5.91 Å². The Balaban J connectivity index is 1.97. The molecule has 4 aromatic rings. The molecule has 5 rings (SSSR count). The van der Waals surface area contributed by atoms with Crippen molar-refractivity contribution in [2.75, 3.05) is 0 Å². The highest BCUT2D eigenvalue weighted by molar-refractivity contribution is 6.31. The number of aromatic nitrogens is 1. The molecule has 1 aliphatic rings. The number of pyridine rings is 1. The Labute approximate surface area is 204 Å². The maximum Gasteiger partial charge on any atom is 0.417 e. The molecule has 5 nitrogen and oxygen atoms in total. The van der Waals surface area contributed by atoms with Crippen LogP contribution in [-0.2, 0) is 6.18 Å². The van der Waals surface area contributed by atoms with E-state index in [0.29, 0.717) is 11.5 Å². The number of nitrogens with zero attached hydrogens (tertiary/aromatic N) is 1. The van der Waals surface area contributed by atoms with Gasteiger partial charge in [-0.1, -0.05) is 11.6 Å². The number of benzene rings is 3. The summed E-state index contributed by atoms with van der Waals surface area (Å²) in [7, 11) is 0. The minimum Gasteiger partial charge on any atom is -0.366 e. The van der Waals surface area contributed by atoms with Crippen LogP contribution in [0.3, 0.4) is 0 Å². The van der Waals surface area contributed by atoms with E-state index in [-0.39, 0.29) is 38.7 Å². The van der Waals surface area contributed by atoms with Crippen LogP contribution >= 0.6 is 11.6 Å². The smallest absolute Gasteiger partial charge is 0.366 e. The molecular weight excluding hydrogens is 505 g/mol. The quantitative estimate of drug-likeness (QED) is 0.338. The Morgan fingerprint density at radius 3 is 2.47 bits per heavy atom. The number of carbonyl (C=O) groups is 2. The normalized spacial score (nSPS) is 15.2. The minimum absolute atomic E-state index is 0.00538. The molecule has 0 radical (unpaired) electrons. The fourth-order valence-electron chi connectivity index (χ4n) is 4.57. The molecule has 11 heteroatoms. The van der Waals surface area contributed by atoms with Crippen LogP contribution in [-0.4, -0.2) is 16.8 Å². The van der Waals surface area contributed by atoms with E-state index in [4.69, 9.17) is 17.3 Å². The lowest BCUT2D eigenvalue weighted by Crippen LogP contribution is -2.21. The van der Waals surface area contributed by atoms with Gasteiger partial charge in [0.05, 0.1) is 22.7 Å². The third-order valence-corrected chi connectivity index (χ3v) is 6.33. The molecule has 0 bridgehead atoms.